The lowest BCUT2D eigenvalue weighted by molar-refractivity contribution is -0.153. The van der Waals surface area contributed by atoms with Gasteiger partial charge in [-0.2, -0.15) is 0 Å². The summed E-state index contributed by atoms with van der Waals surface area (Å²) in [6, 6.07) is 0. The Morgan fingerprint density at radius 1 is 1.78 bits per heavy atom. The number of halogens is 2. The molecule has 0 aromatic heterocycles. The predicted molar refractivity (Wildman–Crippen MR) is 45.3 cm³/mol. The molecule has 0 spiro atoms. The molecule has 1 atom stereocenters. The molecule has 0 amide bonds. The molecule has 0 saturated carbocycles. The molecule has 0 radical (unpaired) electrons. The lowest BCUT2D eigenvalue weighted by atomic mass is 10.1. The molecule has 0 aromatic rings. The van der Waals surface area contributed by atoms with Crippen molar-refractivity contribution < 1.29 is 15.0 Å². The van der Waals surface area contributed by atoms with Crippen LogP contribution in [0.4, 0.5) is 0 Å². The lowest BCUT2D eigenvalue weighted by Gasteiger charge is -2.16. The molecule has 0 rings (SSSR count). The quantitative estimate of drug-likeness (QED) is 0.594. The smallest absolute Gasteiger partial charge is 0.337 e. The van der Waals surface area contributed by atoms with Crippen molar-refractivity contribution in [2.24, 2.45) is 0 Å². The maximum absolute atomic E-state index is 10.2. The highest BCUT2D eigenvalue weighted by Gasteiger charge is 2.32. The SMILES string of the molecule is O=C(O)[C@](O)(CBr)CI. The molecule has 0 heterocycles. The van der Waals surface area contributed by atoms with Gasteiger partial charge in [0.25, 0.3) is 0 Å². The Labute approximate surface area is 74.7 Å². The normalized spacial score (nSPS) is 16.8. The van der Waals surface area contributed by atoms with E-state index in [0.29, 0.717) is 0 Å². The number of alkyl halides is 2. The Morgan fingerprint density at radius 2 is 2.22 bits per heavy atom. The summed E-state index contributed by atoms with van der Waals surface area (Å²) in [5.74, 6) is -1.19. The zero-order valence-electron chi connectivity index (χ0n) is 4.47. The maximum Gasteiger partial charge on any atom is 0.337 e. The summed E-state index contributed by atoms with van der Waals surface area (Å²) in [5, 5.41) is 17.5. The van der Waals surface area contributed by atoms with Crippen molar-refractivity contribution in [3.8, 4) is 0 Å². The van der Waals surface area contributed by atoms with Crippen LogP contribution in [0.1, 0.15) is 0 Å². The summed E-state index contributed by atoms with van der Waals surface area (Å²) >= 11 is 4.72. The predicted octanol–water partition coefficient (Wildman–Crippen LogP) is 0.632. The van der Waals surface area contributed by atoms with Gasteiger partial charge < -0.3 is 10.2 Å². The maximum atomic E-state index is 10.2. The molecule has 9 heavy (non-hydrogen) atoms. The van der Waals surface area contributed by atoms with E-state index in [-0.39, 0.29) is 9.76 Å². The molecular weight excluding hydrogens is 303 g/mol. The second kappa shape index (κ2) is 3.72. The first-order valence-corrected chi connectivity index (χ1v) is 4.79. The molecule has 0 unspecified atom stereocenters. The van der Waals surface area contributed by atoms with Crippen molar-refractivity contribution in [3.63, 3.8) is 0 Å². The van der Waals surface area contributed by atoms with Crippen molar-refractivity contribution in [1.82, 2.24) is 0 Å². The third-order valence-corrected chi connectivity index (χ3v) is 3.03. The number of aliphatic carboxylic acids is 1. The molecule has 5 heteroatoms. The van der Waals surface area contributed by atoms with Crippen LogP contribution in [-0.2, 0) is 4.79 Å². The van der Waals surface area contributed by atoms with Crippen molar-refractivity contribution >= 4 is 44.5 Å². The molecule has 0 aromatic carbocycles. The summed E-state index contributed by atoms with van der Waals surface area (Å²) in [5.41, 5.74) is -1.60. The number of hydrogen-bond donors (Lipinski definition) is 2. The fraction of sp³-hybridized carbons (Fsp3) is 0.750. The number of carbonyl (C=O) groups is 1. The zero-order chi connectivity index (χ0) is 7.49. The van der Waals surface area contributed by atoms with Crippen LogP contribution in [0.25, 0.3) is 0 Å². The van der Waals surface area contributed by atoms with Crippen molar-refractivity contribution in [1.29, 1.82) is 0 Å². The van der Waals surface area contributed by atoms with Crippen LogP contribution in [0.3, 0.4) is 0 Å². The summed E-state index contributed by atoms with van der Waals surface area (Å²) in [4.78, 5) is 10.2. The van der Waals surface area contributed by atoms with Gasteiger partial charge in [-0.3, -0.25) is 0 Å². The Hall–Kier alpha value is 0.640. The number of hydrogen-bond acceptors (Lipinski definition) is 2. The minimum Gasteiger partial charge on any atom is -0.479 e. The van der Waals surface area contributed by atoms with Gasteiger partial charge in [0.2, 0.25) is 0 Å². The topological polar surface area (TPSA) is 57.5 Å². The van der Waals surface area contributed by atoms with Crippen LogP contribution in [-0.4, -0.2) is 31.5 Å². The largest absolute Gasteiger partial charge is 0.479 e. The molecular formula is C4H6BrIO3. The molecule has 3 nitrogen and oxygen atoms in total. The summed E-state index contributed by atoms with van der Waals surface area (Å²) in [7, 11) is 0. The molecule has 0 aliphatic carbocycles. The highest BCUT2D eigenvalue weighted by Crippen LogP contribution is 2.11. The number of carboxylic acid groups (broad SMARTS) is 1. The molecule has 54 valence electrons. The second-order valence-electron chi connectivity index (χ2n) is 1.60. The van der Waals surface area contributed by atoms with E-state index in [2.05, 4.69) is 15.9 Å². The van der Waals surface area contributed by atoms with Crippen LogP contribution in [0, 0.1) is 0 Å². The van der Waals surface area contributed by atoms with Gasteiger partial charge >= 0.3 is 5.97 Å². The van der Waals surface area contributed by atoms with E-state index in [4.69, 9.17) is 10.2 Å². The second-order valence-corrected chi connectivity index (χ2v) is 2.93. The lowest BCUT2D eigenvalue weighted by Crippen LogP contribution is -2.41. The Morgan fingerprint density at radius 3 is 2.22 bits per heavy atom. The average Bonchev–Trinajstić information content (AvgIpc) is 1.86. The minimum absolute atomic E-state index is 0.0677. The minimum atomic E-state index is -1.60. The molecule has 0 fully saturated rings. The van der Waals surface area contributed by atoms with Crippen LogP contribution < -0.4 is 0 Å². The Bertz CT molecular complexity index is 112. The van der Waals surface area contributed by atoms with Gasteiger partial charge in [-0.15, -0.1) is 0 Å². The van der Waals surface area contributed by atoms with E-state index in [1.165, 1.54) is 0 Å². The Balaban J connectivity index is 4.09. The third-order valence-electron chi connectivity index (χ3n) is 0.840. The summed E-state index contributed by atoms with van der Waals surface area (Å²) < 4.78 is 0.186. The van der Waals surface area contributed by atoms with Crippen LogP contribution in [0.2, 0.25) is 0 Å². The van der Waals surface area contributed by atoms with Crippen molar-refractivity contribution in [3.05, 3.63) is 0 Å². The van der Waals surface area contributed by atoms with Gasteiger partial charge in [0.1, 0.15) is 0 Å². The zero-order valence-corrected chi connectivity index (χ0v) is 8.22. The molecule has 0 saturated heterocycles. The van der Waals surface area contributed by atoms with Crippen LogP contribution in [0.5, 0.6) is 0 Å². The van der Waals surface area contributed by atoms with Crippen molar-refractivity contribution in [2.75, 3.05) is 9.76 Å². The summed E-state index contributed by atoms with van der Waals surface area (Å²) in [6.07, 6.45) is 0. The van der Waals surface area contributed by atoms with Gasteiger partial charge in [-0.05, 0) is 0 Å². The third kappa shape index (κ3) is 2.38. The Kier molecular flexibility index (Phi) is 3.99. The average molecular weight is 309 g/mol. The van der Waals surface area contributed by atoms with Gasteiger partial charge in [0.05, 0.1) is 0 Å². The first-order valence-electron chi connectivity index (χ1n) is 2.14. The fourth-order valence-corrected chi connectivity index (χ4v) is 1.93. The van der Waals surface area contributed by atoms with E-state index in [1.807, 2.05) is 22.6 Å². The first-order chi connectivity index (χ1) is 4.06. The van der Waals surface area contributed by atoms with Gasteiger partial charge in [0.15, 0.2) is 5.60 Å². The van der Waals surface area contributed by atoms with Gasteiger partial charge in [0, 0.05) is 9.76 Å². The van der Waals surface area contributed by atoms with Crippen LogP contribution >= 0.6 is 38.5 Å². The van der Waals surface area contributed by atoms with Gasteiger partial charge in [-0.1, -0.05) is 38.5 Å². The van der Waals surface area contributed by atoms with Crippen LogP contribution in [0.15, 0.2) is 0 Å². The van der Waals surface area contributed by atoms with E-state index >= 15 is 0 Å². The standard InChI is InChI=1S/C4H6BrIO3/c5-1-4(9,2-6)3(7)8/h9H,1-2H2,(H,7,8)/t4-/m0/s1. The molecule has 0 aliphatic rings. The first kappa shape index (κ1) is 9.64. The van der Waals surface area contributed by atoms with E-state index in [0.717, 1.165) is 0 Å². The fourth-order valence-electron chi connectivity index (χ4n) is 0.150. The molecule has 0 bridgehead atoms. The number of carboxylic acids is 1. The monoisotopic (exact) mass is 308 g/mol. The van der Waals surface area contributed by atoms with E-state index in [9.17, 15) is 4.79 Å². The number of aliphatic hydroxyl groups is 1. The summed E-state index contributed by atoms with van der Waals surface area (Å²) in [6.45, 7) is 0. The van der Waals surface area contributed by atoms with E-state index < -0.39 is 11.6 Å². The van der Waals surface area contributed by atoms with E-state index in [1.54, 1.807) is 0 Å². The molecule has 2 N–H and O–H groups in total. The molecule has 0 aliphatic heterocycles. The van der Waals surface area contributed by atoms with Crippen molar-refractivity contribution in [2.45, 2.75) is 5.60 Å². The highest BCUT2D eigenvalue weighted by molar-refractivity contribution is 14.1. The van der Waals surface area contributed by atoms with Gasteiger partial charge in [-0.25, -0.2) is 4.79 Å². The highest BCUT2D eigenvalue weighted by atomic mass is 127. The number of rotatable bonds is 3.